The fourth-order valence-corrected chi connectivity index (χ4v) is 7.78. The molecule has 1 saturated carbocycles. The van der Waals surface area contributed by atoms with E-state index in [4.69, 9.17) is 0 Å². The van der Waals surface area contributed by atoms with Crippen molar-refractivity contribution in [3.8, 4) is 0 Å². The summed E-state index contributed by atoms with van der Waals surface area (Å²) in [5, 5.41) is 6.46. The first-order valence-corrected chi connectivity index (χ1v) is 21.8. The summed E-state index contributed by atoms with van der Waals surface area (Å²) in [6.07, 6.45) is 11.6. The lowest BCUT2D eigenvalue weighted by atomic mass is 9.80. The van der Waals surface area contributed by atoms with E-state index >= 15 is 0 Å². The molecule has 0 aliphatic heterocycles. The van der Waals surface area contributed by atoms with Gasteiger partial charge in [-0.15, -0.1) is 0 Å². The molecule has 0 bridgehead atoms. The smallest absolute Gasteiger partial charge is 0.185 e. The Morgan fingerprint density at radius 1 is 0.649 bits per heavy atom. The number of hydrogen-bond acceptors (Lipinski definition) is 6. The van der Waals surface area contributed by atoms with Gasteiger partial charge in [0.1, 0.15) is 10.1 Å². The van der Waals surface area contributed by atoms with Gasteiger partial charge < -0.3 is 15.2 Å². The molecule has 5 rings (SSSR count). The topological polar surface area (TPSA) is 98.3 Å². The maximum atomic E-state index is 13.2. The molecule has 0 saturated heterocycles. The summed E-state index contributed by atoms with van der Waals surface area (Å²) in [5.41, 5.74) is 10.9. The van der Waals surface area contributed by atoms with Gasteiger partial charge in [-0.2, -0.15) is 0 Å². The van der Waals surface area contributed by atoms with Crippen molar-refractivity contribution in [2.75, 3.05) is 10.6 Å². The van der Waals surface area contributed by atoms with Gasteiger partial charge in [-0.25, -0.2) is 8.42 Å². The van der Waals surface area contributed by atoms with Crippen molar-refractivity contribution in [2.45, 2.75) is 112 Å². The van der Waals surface area contributed by atoms with Crippen LogP contribution in [0.15, 0.2) is 101 Å². The number of anilines is 2. The number of Topliss-reactive ketones (excluding diaryl/α,β-unsaturated/α-hetero) is 1. The summed E-state index contributed by atoms with van der Waals surface area (Å²) < 4.78 is 35.1. The van der Waals surface area contributed by atoms with E-state index in [1.165, 1.54) is 17.2 Å². The molecule has 304 valence electrons. The molecular weight excluding hydrogens is 725 g/mol. The highest BCUT2D eigenvalue weighted by molar-refractivity contribution is 7.85. The molecule has 0 spiro atoms. The van der Waals surface area contributed by atoms with Gasteiger partial charge in [0.05, 0.1) is 4.90 Å². The van der Waals surface area contributed by atoms with Crippen LogP contribution < -0.4 is 10.6 Å². The molecule has 0 aromatic heterocycles. The summed E-state index contributed by atoms with van der Waals surface area (Å²) >= 11 is 0. The highest BCUT2D eigenvalue weighted by Crippen LogP contribution is 2.32. The summed E-state index contributed by atoms with van der Waals surface area (Å²) in [6.45, 7) is 21.2. The van der Waals surface area contributed by atoms with Crippen molar-refractivity contribution >= 4 is 51.6 Å². The van der Waals surface area contributed by atoms with Gasteiger partial charge in [0.2, 0.25) is 0 Å². The monoisotopic (exact) mass is 787 g/mol. The van der Waals surface area contributed by atoms with Crippen molar-refractivity contribution in [3.05, 3.63) is 135 Å². The molecule has 1 aliphatic rings. The van der Waals surface area contributed by atoms with Crippen LogP contribution in [0, 0.1) is 24.7 Å². The molecule has 4 aromatic rings. The van der Waals surface area contributed by atoms with E-state index in [0.717, 1.165) is 64.8 Å². The second-order valence-corrected chi connectivity index (χ2v) is 18.4. The summed E-state index contributed by atoms with van der Waals surface area (Å²) in [4.78, 5) is 12.9. The second-order valence-electron chi connectivity index (χ2n) is 17.1. The van der Waals surface area contributed by atoms with Crippen molar-refractivity contribution in [1.82, 2.24) is 0 Å². The van der Waals surface area contributed by atoms with E-state index in [0.29, 0.717) is 35.0 Å². The average molecular weight is 788 g/mol. The Morgan fingerprint density at radius 2 is 1.07 bits per heavy atom. The molecule has 57 heavy (non-hydrogen) atoms. The highest BCUT2D eigenvalue weighted by atomic mass is 32.2. The maximum absolute atomic E-state index is 13.2. The van der Waals surface area contributed by atoms with Crippen LogP contribution in [0.3, 0.4) is 0 Å². The van der Waals surface area contributed by atoms with Gasteiger partial charge in [0, 0.05) is 34.6 Å². The SMILES string of the molecule is CC(C)Cc1ccc(/C=C2\CC(C)C/C(=C\c3ccc(CC(C)C)cc3)C2=O)cc1.Cc1cc(NC(C)C)ccc1/C=C/c1ccc(NC(C)C)cc1S(=O)(=O)[O-]. The van der Waals surface area contributed by atoms with E-state index in [2.05, 4.69) is 120 Å². The Kier molecular flexibility index (Phi) is 16.3. The minimum absolute atomic E-state index is 0.134. The summed E-state index contributed by atoms with van der Waals surface area (Å²) in [7, 11) is -4.58. The summed E-state index contributed by atoms with van der Waals surface area (Å²) in [6, 6.07) is 28.6. The average Bonchev–Trinajstić information content (AvgIpc) is 3.11. The zero-order chi connectivity index (χ0) is 41.9. The Bertz CT molecular complexity index is 2080. The van der Waals surface area contributed by atoms with E-state index in [1.54, 1.807) is 18.2 Å². The minimum atomic E-state index is -4.58. The van der Waals surface area contributed by atoms with Crippen LogP contribution in [0.1, 0.15) is 114 Å². The predicted molar refractivity (Wildman–Crippen MR) is 241 cm³/mol. The third-order valence-corrected chi connectivity index (χ3v) is 10.4. The summed E-state index contributed by atoms with van der Waals surface area (Å²) in [5.74, 6) is 2.01. The van der Waals surface area contributed by atoms with Crippen LogP contribution in [0.4, 0.5) is 11.4 Å². The predicted octanol–water partition coefficient (Wildman–Crippen LogP) is 12.3. The van der Waals surface area contributed by atoms with E-state index in [9.17, 15) is 17.8 Å². The van der Waals surface area contributed by atoms with Gasteiger partial charge in [-0.05, 0) is 153 Å². The van der Waals surface area contributed by atoms with E-state index in [-0.39, 0.29) is 16.7 Å². The van der Waals surface area contributed by atoms with Crippen LogP contribution in [0.25, 0.3) is 24.3 Å². The largest absolute Gasteiger partial charge is 0.744 e. The van der Waals surface area contributed by atoms with Crippen molar-refractivity contribution in [3.63, 3.8) is 0 Å². The van der Waals surface area contributed by atoms with Gasteiger partial charge >= 0.3 is 0 Å². The van der Waals surface area contributed by atoms with Crippen LogP contribution in [-0.4, -0.2) is 30.8 Å². The van der Waals surface area contributed by atoms with Crippen LogP contribution in [-0.2, 0) is 27.8 Å². The Labute approximate surface area is 343 Å². The molecular formula is C50H63N2O4S-. The fraction of sp³-hybridized carbons (Fsp3) is 0.380. The number of rotatable bonds is 13. The molecule has 6 nitrogen and oxygen atoms in total. The molecule has 4 aromatic carbocycles. The van der Waals surface area contributed by atoms with Gasteiger partial charge in [-0.1, -0.05) is 107 Å². The van der Waals surface area contributed by atoms with Crippen LogP contribution >= 0.6 is 0 Å². The maximum Gasteiger partial charge on any atom is 0.185 e. The first-order valence-electron chi connectivity index (χ1n) is 20.4. The molecule has 0 amide bonds. The lowest BCUT2D eigenvalue weighted by Gasteiger charge is -2.22. The third-order valence-electron chi connectivity index (χ3n) is 9.56. The molecule has 0 atom stereocenters. The number of aryl methyl sites for hydroxylation is 1. The standard InChI is InChI=1S/C29H36O.C21H28N2O3S/c1-20(2)14-23-6-10-25(11-7-23)18-27-16-22(5)17-28(29(27)30)19-26-12-8-24(9-13-26)15-21(3)4;1-14(2)22-19-10-8-17(16(5)12-19)6-7-18-9-11-20(23-15(3)4)13-21(18)27(24,25)26/h6-13,18-22H,14-17H2,1-5H3;6-15,22-23H,1-5H3,(H,24,25,26)/p-1/b27-18+,28-19+;7-6+. The van der Waals surface area contributed by atoms with E-state index < -0.39 is 10.1 Å². The lowest BCUT2D eigenvalue weighted by Crippen LogP contribution is -2.18. The number of ketones is 1. The molecule has 0 heterocycles. The van der Waals surface area contributed by atoms with E-state index in [1.807, 2.05) is 45.0 Å². The first kappa shape index (κ1) is 45.0. The fourth-order valence-electron chi connectivity index (χ4n) is 7.09. The number of carbonyl (C=O) groups excluding carboxylic acids is 1. The zero-order valence-electron chi connectivity index (χ0n) is 35.6. The lowest BCUT2D eigenvalue weighted by molar-refractivity contribution is -0.113. The normalized spacial score (nSPS) is 16.3. The van der Waals surface area contributed by atoms with Crippen LogP contribution in [0.2, 0.25) is 0 Å². The van der Waals surface area contributed by atoms with Crippen LogP contribution in [0.5, 0.6) is 0 Å². The minimum Gasteiger partial charge on any atom is -0.744 e. The number of benzene rings is 4. The third kappa shape index (κ3) is 14.6. The second kappa shape index (κ2) is 20.6. The van der Waals surface area contributed by atoms with Crippen molar-refractivity contribution in [1.29, 1.82) is 0 Å². The van der Waals surface area contributed by atoms with Crippen molar-refractivity contribution in [2.24, 2.45) is 17.8 Å². The highest BCUT2D eigenvalue weighted by Gasteiger charge is 2.25. The Balaban J connectivity index is 0.000000254. The van der Waals surface area contributed by atoms with Gasteiger partial charge in [0.15, 0.2) is 5.78 Å². The number of nitrogens with one attached hydrogen (secondary N) is 2. The molecule has 1 aliphatic carbocycles. The van der Waals surface area contributed by atoms with Gasteiger partial charge in [0.25, 0.3) is 0 Å². The zero-order valence-corrected chi connectivity index (χ0v) is 36.5. The number of carbonyl (C=O) groups is 1. The molecule has 2 N–H and O–H groups in total. The van der Waals surface area contributed by atoms with Gasteiger partial charge in [-0.3, -0.25) is 4.79 Å². The molecule has 7 heteroatoms. The number of hydrogen-bond donors (Lipinski definition) is 2. The first-order chi connectivity index (χ1) is 26.9. The molecule has 0 unspecified atom stereocenters. The Morgan fingerprint density at radius 3 is 1.47 bits per heavy atom. The number of allylic oxidation sites excluding steroid dienone is 2. The molecule has 0 radical (unpaired) electrons. The van der Waals surface area contributed by atoms with Crippen molar-refractivity contribution < 1.29 is 17.8 Å². The quantitative estimate of drug-likeness (QED) is 0.0795. The Hall–Kier alpha value is -4.72. The molecule has 1 fully saturated rings.